The van der Waals surface area contributed by atoms with E-state index in [2.05, 4.69) is 23.5 Å². The number of hydrogen-bond acceptors (Lipinski definition) is 2. The minimum absolute atomic E-state index is 0.185. The van der Waals surface area contributed by atoms with Crippen LogP contribution in [0.15, 0.2) is 29.2 Å². The van der Waals surface area contributed by atoms with Crippen molar-refractivity contribution in [2.45, 2.75) is 48.2 Å². The van der Waals surface area contributed by atoms with Gasteiger partial charge in [-0.1, -0.05) is 12.1 Å². The van der Waals surface area contributed by atoms with Crippen molar-refractivity contribution in [2.75, 3.05) is 5.32 Å². The SMILES string of the molecule is O=C1CC2(Sc3ccccc3N1)C1CC3CC(C1)CC2C3. The molecule has 1 aromatic carbocycles. The summed E-state index contributed by atoms with van der Waals surface area (Å²) in [7, 11) is 0. The lowest BCUT2D eigenvalue weighted by atomic mass is 9.51. The number of fused-ring (bicyclic) bond motifs is 1. The summed E-state index contributed by atoms with van der Waals surface area (Å²) in [6.07, 6.45) is 7.67. The van der Waals surface area contributed by atoms with Crippen molar-refractivity contribution in [3.05, 3.63) is 24.3 Å². The Bertz CT molecular complexity index is 583. The van der Waals surface area contributed by atoms with Gasteiger partial charge in [0.05, 0.1) is 5.69 Å². The van der Waals surface area contributed by atoms with Crippen molar-refractivity contribution < 1.29 is 4.79 Å². The number of carbonyl (C=O) groups excluding carboxylic acids is 1. The molecule has 4 aliphatic carbocycles. The smallest absolute Gasteiger partial charge is 0.225 e. The molecule has 6 rings (SSSR count). The fourth-order valence-electron chi connectivity index (χ4n) is 5.78. The maximum Gasteiger partial charge on any atom is 0.225 e. The van der Waals surface area contributed by atoms with E-state index < -0.39 is 0 Å². The van der Waals surface area contributed by atoms with Crippen molar-refractivity contribution in [3.63, 3.8) is 0 Å². The molecule has 1 N–H and O–H groups in total. The summed E-state index contributed by atoms with van der Waals surface area (Å²) < 4.78 is 0.185. The molecule has 1 amide bonds. The summed E-state index contributed by atoms with van der Waals surface area (Å²) in [5, 5.41) is 3.15. The molecule has 4 fully saturated rings. The summed E-state index contributed by atoms with van der Waals surface area (Å²) in [5.41, 5.74) is 1.03. The first kappa shape index (κ1) is 12.6. The number of benzene rings is 1. The Labute approximate surface area is 130 Å². The molecule has 5 aliphatic rings. The van der Waals surface area contributed by atoms with Crippen molar-refractivity contribution in [3.8, 4) is 0 Å². The molecule has 21 heavy (non-hydrogen) atoms. The lowest BCUT2D eigenvalue weighted by molar-refractivity contribution is -0.119. The maximum atomic E-state index is 12.5. The Balaban J connectivity index is 1.60. The van der Waals surface area contributed by atoms with Crippen LogP contribution in [0.5, 0.6) is 0 Å². The lowest BCUT2D eigenvalue weighted by Crippen LogP contribution is -2.56. The zero-order valence-corrected chi connectivity index (χ0v) is 13.0. The monoisotopic (exact) mass is 299 g/mol. The van der Waals surface area contributed by atoms with Crippen LogP contribution in [0, 0.1) is 23.7 Å². The van der Waals surface area contributed by atoms with Crippen LogP contribution in [0.2, 0.25) is 0 Å². The highest BCUT2D eigenvalue weighted by atomic mass is 32.2. The van der Waals surface area contributed by atoms with Gasteiger partial charge in [-0.15, -0.1) is 11.8 Å². The molecule has 0 atom stereocenters. The first-order chi connectivity index (χ1) is 10.2. The zero-order valence-electron chi connectivity index (χ0n) is 12.2. The van der Waals surface area contributed by atoms with Crippen LogP contribution in [0.1, 0.15) is 38.5 Å². The summed E-state index contributed by atoms with van der Waals surface area (Å²) in [6.45, 7) is 0. The quantitative estimate of drug-likeness (QED) is 0.773. The van der Waals surface area contributed by atoms with Crippen LogP contribution < -0.4 is 5.32 Å². The van der Waals surface area contributed by atoms with E-state index in [-0.39, 0.29) is 10.7 Å². The Hall–Kier alpha value is -0.960. The average Bonchev–Trinajstić information content (AvgIpc) is 2.60. The van der Waals surface area contributed by atoms with Gasteiger partial charge < -0.3 is 5.32 Å². The van der Waals surface area contributed by atoms with Crippen molar-refractivity contribution in [1.29, 1.82) is 0 Å². The van der Waals surface area contributed by atoms with Crippen molar-refractivity contribution in [1.82, 2.24) is 0 Å². The molecule has 4 saturated carbocycles. The van der Waals surface area contributed by atoms with Crippen LogP contribution in [0.4, 0.5) is 5.69 Å². The molecule has 0 unspecified atom stereocenters. The van der Waals surface area contributed by atoms with Crippen LogP contribution in [0.3, 0.4) is 0 Å². The average molecular weight is 299 g/mol. The van der Waals surface area contributed by atoms with E-state index in [1.807, 2.05) is 17.8 Å². The van der Waals surface area contributed by atoms with Gasteiger partial charge in [-0.2, -0.15) is 0 Å². The highest BCUT2D eigenvalue weighted by Gasteiger charge is 2.58. The number of rotatable bonds is 0. The molecule has 1 heterocycles. The first-order valence-electron chi connectivity index (χ1n) is 8.31. The van der Waals surface area contributed by atoms with E-state index in [1.54, 1.807) is 0 Å². The summed E-state index contributed by atoms with van der Waals surface area (Å²) in [5.74, 6) is 3.67. The number of anilines is 1. The van der Waals surface area contributed by atoms with Gasteiger partial charge >= 0.3 is 0 Å². The number of para-hydroxylation sites is 1. The minimum atomic E-state index is 0.185. The van der Waals surface area contributed by atoms with Gasteiger partial charge in [0.25, 0.3) is 0 Å². The number of nitrogens with one attached hydrogen (secondary N) is 1. The largest absolute Gasteiger partial charge is 0.325 e. The van der Waals surface area contributed by atoms with Gasteiger partial charge in [-0.05, 0) is 67.9 Å². The van der Waals surface area contributed by atoms with Gasteiger partial charge in [0, 0.05) is 16.1 Å². The molecular weight excluding hydrogens is 278 g/mol. The molecule has 1 spiro atoms. The predicted molar refractivity (Wildman–Crippen MR) is 85.3 cm³/mol. The van der Waals surface area contributed by atoms with E-state index in [9.17, 15) is 4.79 Å². The summed E-state index contributed by atoms with van der Waals surface area (Å²) in [6, 6.07) is 8.37. The standard InChI is InChI=1S/C18H21NOS/c20-17-10-18(21-16-4-2-1-3-15(16)19-17)13-6-11-5-12(8-13)9-14(18)7-11/h1-4,11-14H,5-10H2,(H,19,20). The highest BCUT2D eigenvalue weighted by Crippen LogP contribution is 2.66. The van der Waals surface area contributed by atoms with Crippen molar-refractivity contribution in [2.24, 2.45) is 23.7 Å². The van der Waals surface area contributed by atoms with Gasteiger partial charge in [0.1, 0.15) is 0 Å². The second-order valence-corrected chi connectivity index (χ2v) is 8.99. The molecule has 4 bridgehead atoms. The normalized spacial score (nSPS) is 43.5. The maximum absolute atomic E-state index is 12.5. The number of thioether (sulfide) groups is 1. The molecule has 3 heteroatoms. The summed E-state index contributed by atoms with van der Waals surface area (Å²) >= 11 is 2.04. The predicted octanol–water partition coefficient (Wildman–Crippen LogP) is 4.32. The topological polar surface area (TPSA) is 29.1 Å². The van der Waals surface area contributed by atoms with Crippen LogP contribution >= 0.6 is 11.8 Å². The first-order valence-corrected chi connectivity index (χ1v) is 9.12. The number of amides is 1. The van der Waals surface area contributed by atoms with E-state index in [0.717, 1.165) is 35.8 Å². The van der Waals surface area contributed by atoms with E-state index in [1.165, 1.54) is 37.0 Å². The second kappa shape index (κ2) is 4.28. The fourth-order valence-corrected chi connectivity index (χ4v) is 7.49. The van der Waals surface area contributed by atoms with Crippen molar-refractivity contribution >= 4 is 23.4 Å². The third-order valence-corrected chi connectivity index (χ3v) is 8.19. The molecule has 1 aliphatic heterocycles. The van der Waals surface area contributed by atoms with Gasteiger partial charge in [-0.3, -0.25) is 4.79 Å². The van der Waals surface area contributed by atoms with Crippen LogP contribution in [-0.4, -0.2) is 10.7 Å². The molecule has 2 nitrogen and oxygen atoms in total. The lowest BCUT2D eigenvalue weighted by Gasteiger charge is -2.60. The van der Waals surface area contributed by atoms with Gasteiger partial charge in [-0.25, -0.2) is 0 Å². The highest BCUT2D eigenvalue weighted by molar-refractivity contribution is 8.01. The summed E-state index contributed by atoms with van der Waals surface area (Å²) in [4.78, 5) is 13.8. The number of carbonyl (C=O) groups is 1. The molecule has 0 aromatic heterocycles. The Kier molecular flexibility index (Phi) is 2.56. The Morgan fingerprint density at radius 1 is 1.00 bits per heavy atom. The second-order valence-electron chi connectivity index (χ2n) is 7.58. The minimum Gasteiger partial charge on any atom is -0.325 e. The third-order valence-electron chi connectivity index (χ3n) is 6.42. The fraction of sp³-hybridized carbons (Fsp3) is 0.611. The van der Waals surface area contributed by atoms with Crippen LogP contribution in [-0.2, 0) is 4.79 Å². The molecule has 1 aromatic rings. The van der Waals surface area contributed by atoms with E-state index in [0.29, 0.717) is 0 Å². The molecule has 0 radical (unpaired) electrons. The Morgan fingerprint density at radius 2 is 1.67 bits per heavy atom. The molecule has 0 saturated heterocycles. The molecule has 110 valence electrons. The number of hydrogen-bond donors (Lipinski definition) is 1. The zero-order chi connectivity index (χ0) is 14.0. The van der Waals surface area contributed by atoms with E-state index in [4.69, 9.17) is 0 Å². The van der Waals surface area contributed by atoms with Gasteiger partial charge in [0.2, 0.25) is 5.91 Å². The van der Waals surface area contributed by atoms with Gasteiger partial charge in [0.15, 0.2) is 0 Å². The van der Waals surface area contributed by atoms with E-state index >= 15 is 0 Å². The third kappa shape index (κ3) is 1.76. The molecular formula is C18H21NOS. The Morgan fingerprint density at radius 3 is 2.38 bits per heavy atom. The van der Waals surface area contributed by atoms with Crippen LogP contribution in [0.25, 0.3) is 0 Å².